The van der Waals surface area contributed by atoms with Crippen molar-refractivity contribution >= 4 is 29.1 Å². The second kappa shape index (κ2) is 8.90. The topological polar surface area (TPSA) is 81.7 Å². The Balaban J connectivity index is 1.42. The van der Waals surface area contributed by atoms with E-state index in [0.717, 1.165) is 35.7 Å². The number of hydrogen-bond acceptors (Lipinski definition) is 4. The molecule has 5 rings (SSSR count). The summed E-state index contributed by atoms with van der Waals surface area (Å²) >= 11 is 0. The van der Waals surface area contributed by atoms with Crippen LogP contribution in [0.3, 0.4) is 0 Å². The number of nitrogens with one attached hydrogen (secondary N) is 3. The molecule has 8 heteroatoms. The van der Waals surface area contributed by atoms with E-state index < -0.39 is 5.54 Å². The number of halogens is 1. The van der Waals surface area contributed by atoms with Gasteiger partial charge in [0.05, 0.1) is 18.8 Å². The van der Waals surface area contributed by atoms with Crippen molar-refractivity contribution in [3.63, 3.8) is 0 Å². The second-order valence-electron chi connectivity index (χ2n) is 8.35. The number of anilines is 3. The van der Waals surface area contributed by atoms with Crippen molar-refractivity contribution in [1.82, 2.24) is 9.88 Å². The molecule has 0 bridgehead atoms. The van der Waals surface area contributed by atoms with Crippen LogP contribution in [0.5, 0.6) is 0 Å². The van der Waals surface area contributed by atoms with Crippen LogP contribution in [0.2, 0.25) is 0 Å². The van der Waals surface area contributed by atoms with E-state index in [1.165, 1.54) is 12.1 Å². The minimum absolute atomic E-state index is 0.263. The zero-order valence-electron chi connectivity index (χ0n) is 18.1. The first-order valence-electron chi connectivity index (χ1n) is 11.0. The maximum absolute atomic E-state index is 13.6. The van der Waals surface area contributed by atoms with Crippen molar-refractivity contribution in [2.45, 2.75) is 24.9 Å². The number of carbonyl (C=O) groups excluding carboxylic acids is 1. The Morgan fingerprint density at radius 2 is 2.03 bits per heavy atom. The monoisotopic (exact) mass is 444 g/mol. The number of urea groups is 1. The van der Waals surface area contributed by atoms with Gasteiger partial charge < -0.3 is 20.9 Å². The van der Waals surface area contributed by atoms with Gasteiger partial charge in [0, 0.05) is 18.4 Å². The molecule has 1 atom stereocenters. The number of fused-ring (bicyclic) bond motifs is 1. The summed E-state index contributed by atoms with van der Waals surface area (Å²) < 4.78 is 13.6. The summed E-state index contributed by atoms with van der Waals surface area (Å²) in [7, 11) is 0. The quantitative estimate of drug-likeness (QED) is 0.546. The largest absolute Gasteiger partial charge is 0.368 e. The predicted molar refractivity (Wildman–Crippen MR) is 128 cm³/mol. The fourth-order valence-electron chi connectivity index (χ4n) is 4.39. The van der Waals surface area contributed by atoms with Crippen LogP contribution < -0.4 is 16.0 Å². The highest BCUT2D eigenvalue weighted by Gasteiger charge is 2.44. The van der Waals surface area contributed by atoms with Gasteiger partial charge in [-0.05, 0) is 48.7 Å². The van der Waals surface area contributed by atoms with Gasteiger partial charge in [-0.1, -0.05) is 36.4 Å². The summed E-state index contributed by atoms with van der Waals surface area (Å²) in [4.78, 5) is 24.1. The third-order valence-electron chi connectivity index (χ3n) is 5.99. The van der Waals surface area contributed by atoms with Crippen molar-refractivity contribution < 1.29 is 9.18 Å². The summed E-state index contributed by atoms with van der Waals surface area (Å²) in [5, 5.41) is 9.84. The van der Waals surface area contributed by atoms with Gasteiger partial charge in [-0.25, -0.2) is 14.2 Å². The molecular formula is C25H25FN6O. The molecule has 7 nitrogen and oxygen atoms in total. The van der Waals surface area contributed by atoms with Crippen LogP contribution in [0.1, 0.15) is 18.4 Å². The number of pyridine rings is 1. The maximum Gasteiger partial charge on any atom is 0.321 e. The highest BCUT2D eigenvalue weighted by atomic mass is 19.1. The number of nitrogens with zero attached hydrogens (tertiary/aromatic N) is 3. The van der Waals surface area contributed by atoms with Crippen molar-refractivity contribution in [3.8, 4) is 0 Å². The Morgan fingerprint density at radius 1 is 1.15 bits per heavy atom. The summed E-state index contributed by atoms with van der Waals surface area (Å²) in [6.45, 7) is 1.55. The zero-order valence-corrected chi connectivity index (χ0v) is 18.1. The summed E-state index contributed by atoms with van der Waals surface area (Å²) in [6, 6.07) is 19.6. The number of amides is 2. The smallest absolute Gasteiger partial charge is 0.321 e. The molecule has 3 N–H and O–H groups in total. The number of benzene rings is 2. The number of carbonyl (C=O) groups is 1. The van der Waals surface area contributed by atoms with Gasteiger partial charge in [0.15, 0.2) is 5.82 Å². The van der Waals surface area contributed by atoms with E-state index in [4.69, 9.17) is 4.99 Å². The Kier molecular flexibility index (Phi) is 5.64. The van der Waals surface area contributed by atoms with E-state index in [2.05, 4.69) is 20.9 Å². The van der Waals surface area contributed by atoms with Crippen LogP contribution in [-0.2, 0) is 6.54 Å². The van der Waals surface area contributed by atoms with Crippen LogP contribution in [0, 0.1) is 5.82 Å². The highest BCUT2D eigenvalue weighted by molar-refractivity contribution is 6.09. The number of piperidine rings is 1. The number of aromatic nitrogens is 1. The van der Waals surface area contributed by atoms with Gasteiger partial charge in [-0.2, -0.15) is 0 Å². The lowest BCUT2D eigenvalue weighted by molar-refractivity contribution is 0.187. The standard InChI is InChI=1S/C25H25FN6O/c26-19-9-4-10-20(15-19)29-24(33)32-14-6-12-25(17-32)23(28-16-18-7-2-1-3-8-18)30-22-21(31-25)11-5-13-27-22/h1-5,7-11,13,15,31H,6,12,14,16-17H2,(H,29,33)(H,27,28,30)/t25-/m0/s1. The Morgan fingerprint density at radius 3 is 2.88 bits per heavy atom. The van der Waals surface area contributed by atoms with E-state index in [1.54, 1.807) is 23.2 Å². The first kappa shape index (κ1) is 20.9. The van der Waals surface area contributed by atoms with Crippen LogP contribution in [0.4, 0.5) is 26.4 Å². The molecule has 2 aliphatic heterocycles. The first-order valence-corrected chi connectivity index (χ1v) is 11.0. The lowest BCUT2D eigenvalue weighted by Gasteiger charge is -2.46. The van der Waals surface area contributed by atoms with E-state index in [0.29, 0.717) is 25.3 Å². The predicted octanol–water partition coefficient (Wildman–Crippen LogP) is 4.72. The lowest BCUT2D eigenvalue weighted by atomic mass is 9.85. The fraction of sp³-hybridized carbons (Fsp3) is 0.240. The molecule has 0 saturated carbocycles. The van der Waals surface area contributed by atoms with Crippen molar-refractivity contribution in [2.24, 2.45) is 4.99 Å². The molecular weight excluding hydrogens is 419 g/mol. The van der Waals surface area contributed by atoms with Gasteiger partial charge >= 0.3 is 6.03 Å². The molecule has 0 aliphatic carbocycles. The minimum Gasteiger partial charge on any atom is -0.368 e. The van der Waals surface area contributed by atoms with Gasteiger partial charge in [-0.3, -0.25) is 4.99 Å². The third-order valence-corrected chi connectivity index (χ3v) is 5.99. The van der Waals surface area contributed by atoms with Gasteiger partial charge in [0.2, 0.25) is 0 Å². The third kappa shape index (κ3) is 4.50. The fourth-order valence-corrected chi connectivity index (χ4v) is 4.39. The molecule has 3 heterocycles. The number of aliphatic imine (C=N–C) groups is 1. The average molecular weight is 445 g/mol. The molecule has 1 fully saturated rings. The summed E-state index contributed by atoms with van der Waals surface area (Å²) in [5.41, 5.74) is 1.85. The maximum atomic E-state index is 13.6. The summed E-state index contributed by atoms with van der Waals surface area (Å²) in [6.07, 6.45) is 3.34. The van der Waals surface area contributed by atoms with Crippen LogP contribution in [0.25, 0.3) is 0 Å². The molecule has 33 heavy (non-hydrogen) atoms. The Bertz CT molecular complexity index is 1180. The molecule has 0 radical (unpaired) electrons. The highest BCUT2D eigenvalue weighted by Crippen LogP contribution is 2.35. The van der Waals surface area contributed by atoms with E-state index in [9.17, 15) is 9.18 Å². The first-order chi connectivity index (χ1) is 16.1. The molecule has 1 aromatic heterocycles. The molecule has 2 aliphatic rings. The van der Waals surface area contributed by atoms with Crippen LogP contribution >= 0.6 is 0 Å². The van der Waals surface area contributed by atoms with E-state index in [-0.39, 0.29) is 11.8 Å². The molecule has 1 spiro atoms. The number of amidine groups is 1. The zero-order chi connectivity index (χ0) is 22.7. The van der Waals surface area contributed by atoms with E-state index >= 15 is 0 Å². The Hall–Kier alpha value is -3.94. The molecule has 2 amide bonds. The minimum atomic E-state index is -0.567. The van der Waals surface area contributed by atoms with Gasteiger partial charge in [0.25, 0.3) is 0 Å². The SMILES string of the molecule is O=C(Nc1cccc(F)c1)N1CCC[C@@]2(C1)Nc1cccnc1NC2=NCc1ccccc1. The van der Waals surface area contributed by atoms with Crippen molar-refractivity contribution in [2.75, 3.05) is 29.0 Å². The number of likely N-dealkylation sites (tertiary alicyclic amines) is 1. The van der Waals surface area contributed by atoms with Crippen molar-refractivity contribution in [1.29, 1.82) is 0 Å². The lowest BCUT2D eigenvalue weighted by Crippen LogP contribution is -2.63. The molecule has 3 aromatic rings. The van der Waals surface area contributed by atoms with Crippen LogP contribution in [0.15, 0.2) is 77.9 Å². The van der Waals surface area contributed by atoms with E-state index in [1.807, 2.05) is 42.5 Å². The Labute approximate surface area is 191 Å². The molecule has 2 aromatic carbocycles. The number of rotatable bonds is 3. The second-order valence-corrected chi connectivity index (χ2v) is 8.35. The normalized spacial score (nSPS) is 20.6. The number of hydrogen-bond donors (Lipinski definition) is 3. The average Bonchev–Trinajstić information content (AvgIpc) is 2.83. The van der Waals surface area contributed by atoms with Crippen LogP contribution in [-0.4, -0.2) is 40.4 Å². The van der Waals surface area contributed by atoms with Gasteiger partial charge in [-0.15, -0.1) is 0 Å². The molecule has 0 unspecified atom stereocenters. The van der Waals surface area contributed by atoms with Gasteiger partial charge in [0.1, 0.15) is 17.2 Å². The summed E-state index contributed by atoms with van der Waals surface area (Å²) in [5.74, 6) is 1.09. The molecule has 1 saturated heterocycles. The molecule has 168 valence electrons. The van der Waals surface area contributed by atoms with Crippen molar-refractivity contribution in [3.05, 3.63) is 84.3 Å².